The lowest BCUT2D eigenvalue weighted by Gasteiger charge is -2.27. The summed E-state index contributed by atoms with van der Waals surface area (Å²) in [5.41, 5.74) is 7.32. The lowest BCUT2D eigenvalue weighted by molar-refractivity contribution is 0.379. The second-order valence-electron chi connectivity index (χ2n) is 6.33. The smallest absolute Gasteiger partial charge is 0.0357 e. The maximum absolute atomic E-state index is 3.74. The monoisotopic (exact) mass is 279 g/mol. The third kappa shape index (κ3) is 2.89. The molecular formula is C20H25N. The molecular weight excluding hydrogens is 254 g/mol. The van der Waals surface area contributed by atoms with Gasteiger partial charge in [0.1, 0.15) is 0 Å². The second kappa shape index (κ2) is 6.03. The summed E-state index contributed by atoms with van der Waals surface area (Å²) in [7, 11) is 0. The fourth-order valence-corrected chi connectivity index (χ4v) is 3.67. The van der Waals surface area contributed by atoms with Gasteiger partial charge in [-0.05, 0) is 61.4 Å². The minimum atomic E-state index is 0.460. The first-order chi connectivity index (χ1) is 10.2. The Morgan fingerprint density at radius 2 is 1.71 bits per heavy atom. The first kappa shape index (κ1) is 14.3. The predicted octanol–water partition coefficient (Wildman–Crippen LogP) is 4.37. The molecule has 0 amide bonds. The molecule has 0 radical (unpaired) electrons. The fraction of sp³-hybridized carbons (Fsp3) is 0.400. The van der Waals surface area contributed by atoms with Crippen molar-refractivity contribution in [3.05, 3.63) is 70.3 Å². The predicted molar refractivity (Wildman–Crippen MR) is 89.7 cm³/mol. The van der Waals surface area contributed by atoms with E-state index in [9.17, 15) is 0 Å². The van der Waals surface area contributed by atoms with Crippen molar-refractivity contribution in [3.63, 3.8) is 0 Å². The van der Waals surface area contributed by atoms with Crippen molar-refractivity contribution in [2.75, 3.05) is 6.54 Å². The Bertz CT molecular complexity index is 604. The highest BCUT2D eigenvalue weighted by Crippen LogP contribution is 2.36. The van der Waals surface area contributed by atoms with Crippen LogP contribution in [-0.4, -0.2) is 6.54 Å². The van der Waals surface area contributed by atoms with Gasteiger partial charge in [-0.2, -0.15) is 0 Å². The van der Waals surface area contributed by atoms with E-state index < -0.39 is 0 Å². The van der Waals surface area contributed by atoms with Crippen LogP contribution in [0.3, 0.4) is 0 Å². The highest BCUT2D eigenvalue weighted by molar-refractivity contribution is 5.37. The van der Waals surface area contributed by atoms with E-state index in [4.69, 9.17) is 0 Å². The van der Waals surface area contributed by atoms with Crippen molar-refractivity contribution in [2.45, 2.75) is 39.7 Å². The molecule has 1 aliphatic carbocycles. The average Bonchev–Trinajstić information content (AvgIpc) is 2.91. The number of benzene rings is 2. The van der Waals surface area contributed by atoms with Crippen molar-refractivity contribution < 1.29 is 0 Å². The van der Waals surface area contributed by atoms with Gasteiger partial charge in [-0.3, -0.25) is 0 Å². The summed E-state index contributed by atoms with van der Waals surface area (Å²) < 4.78 is 0. The molecule has 1 unspecified atom stereocenters. The van der Waals surface area contributed by atoms with Gasteiger partial charge in [0.2, 0.25) is 0 Å². The van der Waals surface area contributed by atoms with E-state index >= 15 is 0 Å². The van der Waals surface area contributed by atoms with Gasteiger partial charge < -0.3 is 5.32 Å². The first-order valence-electron chi connectivity index (χ1n) is 8.06. The van der Waals surface area contributed by atoms with Gasteiger partial charge in [-0.15, -0.1) is 0 Å². The highest BCUT2D eigenvalue weighted by Gasteiger charge is 2.29. The highest BCUT2D eigenvalue weighted by atomic mass is 14.9. The zero-order chi connectivity index (χ0) is 14.8. The van der Waals surface area contributed by atoms with Crippen LogP contribution >= 0.6 is 0 Å². The molecule has 2 aromatic carbocycles. The summed E-state index contributed by atoms with van der Waals surface area (Å²) in [4.78, 5) is 0. The van der Waals surface area contributed by atoms with Crippen molar-refractivity contribution in [1.82, 2.24) is 5.32 Å². The minimum Gasteiger partial charge on any atom is -0.310 e. The Hall–Kier alpha value is -1.60. The van der Waals surface area contributed by atoms with E-state index in [1.54, 1.807) is 0 Å². The molecule has 0 saturated carbocycles. The molecule has 21 heavy (non-hydrogen) atoms. The second-order valence-corrected chi connectivity index (χ2v) is 6.33. The molecule has 3 rings (SSSR count). The van der Waals surface area contributed by atoms with Crippen LogP contribution in [0.5, 0.6) is 0 Å². The van der Waals surface area contributed by atoms with Crippen molar-refractivity contribution in [2.24, 2.45) is 5.92 Å². The van der Waals surface area contributed by atoms with E-state index in [1.165, 1.54) is 40.7 Å². The molecule has 0 saturated heterocycles. The van der Waals surface area contributed by atoms with Crippen LogP contribution in [0.2, 0.25) is 0 Å². The van der Waals surface area contributed by atoms with Crippen LogP contribution in [0.15, 0.2) is 42.5 Å². The van der Waals surface area contributed by atoms with Gasteiger partial charge in [0.05, 0.1) is 0 Å². The van der Waals surface area contributed by atoms with Crippen molar-refractivity contribution in [3.8, 4) is 0 Å². The Morgan fingerprint density at radius 1 is 1.05 bits per heavy atom. The Kier molecular flexibility index (Phi) is 4.12. The van der Waals surface area contributed by atoms with Gasteiger partial charge in [-0.1, -0.05) is 55.0 Å². The van der Waals surface area contributed by atoms with E-state index in [0.29, 0.717) is 12.0 Å². The molecule has 110 valence electrons. The number of fused-ring (bicyclic) bond motifs is 1. The average molecular weight is 279 g/mol. The third-order valence-electron chi connectivity index (χ3n) is 4.75. The minimum absolute atomic E-state index is 0.460. The molecule has 0 aliphatic heterocycles. The van der Waals surface area contributed by atoms with Crippen molar-refractivity contribution >= 4 is 0 Å². The Morgan fingerprint density at radius 3 is 2.33 bits per heavy atom. The number of hydrogen-bond acceptors (Lipinski definition) is 1. The maximum atomic E-state index is 3.74. The lowest BCUT2D eigenvalue weighted by Crippen LogP contribution is -2.29. The number of aryl methyl sites for hydroxylation is 2. The normalized spacial score (nSPS) is 16.0. The van der Waals surface area contributed by atoms with Gasteiger partial charge in [0.25, 0.3) is 0 Å². The van der Waals surface area contributed by atoms with Crippen LogP contribution in [0.1, 0.15) is 40.8 Å². The molecule has 1 nitrogen and oxygen atoms in total. The van der Waals surface area contributed by atoms with Gasteiger partial charge >= 0.3 is 0 Å². The number of nitrogens with one attached hydrogen (secondary N) is 1. The summed E-state index contributed by atoms with van der Waals surface area (Å²) in [6.07, 6.45) is 2.39. The quantitative estimate of drug-likeness (QED) is 0.876. The molecule has 2 aromatic rings. The summed E-state index contributed by atoms with van der Waals surface area (Å²) >= 11 is 0. The largest absolute Gasteiger partial charge is 0.310 e. The summed E-state index contributed by atoms with van der Waals surface area (Å²) in [6, 6.07) is 16.2. The molecule has 0 spiro atoms. The van der Waals surface area contributed by atoms with E-state index in [1.807, 2.05) is 0 Å². The molecule has 0 heterocycles. The third-order valence-corrected chi connectivity index (χ3v) is 4.75. The van der Waals surface area contributed by atoms with Crippen molar-refractivity contribution in [1.29, 1.82) is 0 Å². The Balaban J connectivity index is 1.91. The standard InChI is InChI=1S/C20H25N/c1-4-21-20(19-11-14(2)9-10-15(19)3)18-12-16-7-5-6-8-17(16)13-18/h5-11,18,20-21H,4,12-13H2,1-3H3. The van der Waals surface area contributed by atoms with E-state index in [2.05, 4.69) is 68.6 Å². The summed E-state index contributed by atoms with van der Waals surface area (Å²) in [5, 5.41) is 3.74. The summed E-state index contributed by atoms with van der Waals surface area (Å²) in [5.74, 6) is 0.669. The lowest BCUT2D eigenvalue weighted by atomic mass is 9.87. The van der Waals surface area contributed by atoms with Crippen LogP contribution in [-0.2, 0) is 12.8 Å². The number of rotatable bonds is 4. The SMILES string of the molecule is CCNC(c1cc(C)ccc1C)C1Cc2ccccc2C1. The first-order valence-corrected chi connectivity index (χ1v) is 8.06. The van der Waals surface area contributed by atoms with Gasteiger partial charge in [-0.25, -0.2) is 0 Å². The number of hydrogen-bond donors (Lipinski definition) is 1. The topological polar surface area (TPSA) is 12.0 Å². The van der Waals surface area contributed by atoms with Crippen LogP contribution in [0.25, 0.3) is 0 Å². The Labute approximate surface area is 128 Å². The molecule has 1 N–H and O–H groups in total. The van der Waals surface area contributed by atoms with Crippen LogP contribution in [0.4, 0.5) is 0 Å². The van der Waals surface area contributed by atoms with Gasteiger partial charge in [0, 0.05) is 6.04 Å². The maximum Gasteiger partial charge on any atom is 0.0357 e. The molecule has 0 fully saturated rings. The fourth-order valence-electron chi connectivity index (χ4n) is 3.67. The van der Waals surface area contributed by atoms with E-state index in [0.717, 1.165) is 6.54 Å². The molecule has 1 heteroatoms. The zero-order valence-electron chi connectivity index (χ0n) is 13.3. The van der Waals surface area contributed by atoms with Gasteiger partial charge in [0.15, 0.2) is 0 Å². The molecule has 0 aromatic heterocycles. The van der Waals surface area contributed by atoms with E-state index in [-0.39, 0.29) is 0 Å². The molecule has 1 aliphatic rings. The van der Waals surface area contributed by atoms with Crippen LogP contribution < -0.4 is 5.32 Å². The molecule has 1 atom stereocenters. The zero-order valence-corrected chi connectivity index (χ0v) is 13.3. The van der Waals surface area contributed by atoms with Crippen LogP contribution in [0, 0.1) is 19.8 Å². The summed E-state index contributed by atoms with van der Waals surface area (Å²) in [6.45, 7) is 7.65. The molecule has 0 bridgehead atoms.